The minimum atomic E-state index is -2.69. The van der Waals surface area contributed by atoms with E-state index in [1.54, 1.807) is 34.6 Å². The third kappa shape index (κ3) is 4.83. The molecule has 2 rings (SSSR count). The Balaban J connectivity index is 2.55. The van der Waals surface area contributed by atoms with Gasteiger partial charge in [0.1, 0.15) is 31.1 Å². The lowest BCUT2D eigenvalue weighted by molar-refractivity contribution is 0.409. The number of aromatic nitrogens is 1. The Kier molecular flexibility index (Phi) is 7.14. The standard InChI is InChI=1S/C18H28BrFN4O2S2/c1-16(2,3)27(25)24-18(5,15-13(20)7-8-14(19)23-15)12-28(26)17(4,11-21)9-6-10-22-28/h7-8,22,24,26H,6,9-10,12H2,1-5H3/t17-,18+,27?/m1/s1. The molecule has 28 heavy (non-hydrogen) atoms. The lowest BCUT2D eigenvalue weighted by atomic mass is 10.0. The molecule has 1 fully saturated rings. The molecule has 2 unspecified atom stereocenters. The van der Waals surface area contributed by atoms with Crippen LogP contribution in [0.3, 0.4) is 0 Å². The molecule has 1 aromatic rings. The van der Waals surface area contributed by atoms with Crippen molar-refractivity contribution in [1.29, 1.82) is 5.26 Å². The second-order valence-electron chi connectivity index (χ2n) is 8.47. The van der Waals surface area contributed by atoms with E-state index in [9.17, 15) is 18.8 Å². The second-order valence-corrected chi connectivity index (χ2v) is 14.1. The summed E-state index contributed by atoms with van der Waals surface area (Å²) in [5.41, 5.74) is -1.22. The summed E-state index contributed by atoms with van der Waals surface area (Å²) in [6.45, 7) is 9.38. The maximum atomic E-state index is 14.8. The molecular weight excluding hydrogens is 467 g/mol. The molecule has 2 heterocycles. The van der Waals surface area contributed by atoms with Crippen LogP contribution >= 0.6 is 26.4 Å². The van der Waals surface area contributed by atoms with Gasteiger partial charge in [0.25, 0.3) is 0 Å². The number of rotatable bonds is 5. The normalized spacial score (nSPS) is 31.3. The van der Waals surface area contributed by atoms with Crippen LogP contribution in [-0.2, 0) is 16.9 Å². The minimum Gasteiger partial charge on any atom is -0.598 e. The number of pyridine rings is 1. The third-order valence-corrected chi connectivity index (χ3v) is 10.5. The van der Waals surface area contributed by atoms with Gasteiger partial charge in [-0.2, -0.15) is 5.26 Å². The fraction of sp³-hybridized carbons (Fsp3) is 0.667. The Bertz CT molecular complexity index is 775. The smallest absolute Gasteiger partial charge is 0.146 e. The molecule has 6 nitrogen and oxygen atoms in total. The van der Waals surface area contributed by atoms with Crippen LogP contribution in [0, 0.1) is 17.1 Å². The molecule has 1 aliphatic rings. The van der Waals surface area contributed by atoms with E-state index >= 15 is 0 Å². The first kappa shape index (κ1) is 23.9. The average Bonchev–Trinajstić information content (AvgIpc) is 2.58. The summed E-state index contributed by atoms with van der Waals surface area (Å²) in [7, 11) is -2.69. The molecule has 0 saturated carbocycles. The molecule has 0 radical (unpaired) electrons. The van der Waals surface area contributed by atoms with Crippen LogP contribution in [0.25, 0.3) is 0 Å². The number of halogens is 2. The van der Waals surface area contributed by atoms with E-state index in [1.165, 1.54) is 12.1 Å². The van der Waals surface area contributed by atoms with Gasteiger partial charge in [0, 0.05) is 23.7 Å². The zero-order valence-electron chi connectivity index (χ0n) is 16.8. The van der Waals surface area contributed by atoms with Crippen LogP contribution in [0.15, 0.2) is 16.7 Å². The van der Waals surface area contributed by atoms with Gasteiger partial charge in [-0.25, -0.2) is 9.37 Å². The summed E-state index contributed by atoms with van der Waals surface area (Å²) >= 11 is 1.71. The van der Waals surface area contributed by atoms with Crippen molar-refractivity contribution in [2.75, 3.05) is 12.3 Å². The van der Waals surface area contributed by atoms with E-state index in [-0.39, 0.29) is 11.4 Å². The summed E-state index contributed by atoms with van der Waals surface area (Å²) < 4.78 is 44.2. The van der Waals surface area contributed by atoms with Crippen LogP contribution in [0.4, 0.5) is 4.39 Å². The van der Waals surface area contributed by atoms with Crippen molar-refractivity contribution in [2.24, 2.45) is 0 Å². The molecule has 3 N–H and O–H groups in total. The molecule has 158 valence electrons. The van der Waals surface area contributed by atoms with Crippen molar-refractivity contribution in [3.8, 4) is 6.07 Å². The Hall–Kier alpha value is -0.410. The zero-order valence-corrected chi connectivity index (χ0v) is 20.0. The van der Waals surface area contributed by atoms with Gasteiger partial charge in [-0.15, -0.1) is 4.72 Å². The first-order valence-electron chi connectivity index (χ1n) is 8.97. The maximum Gasteiger partial charge on any atom is 0.146 e. The minimum absolute atomic E-state index is 0.00769. The van der Waals surface area contributed by atoms with Crippen molar-refractivity contribution in [3.05, 3.63) is 28.2 Å². The van der Waals surface area contributed by atoms with Gasteiger partial charge < -0.3 is 9.11 Å². The van der Waals surface area contributed by atoms with E-state index in [0.717, 1.165) is 6.42 Å². The molecule has 1 aliphatic heterocycles. The van der Waals surface area contributed by atoms with E-state index in [2.05, 4.69) is 36.4 Å². The Labute approximate surface area is 179 Å². The average molecular weight is 495 g/mol. The topological polar surface area (TPSA) is 104 Å². The molecule has 0 bridgehead atoms. The molecular formula is C18H28BrFN4O2S2. The quantitative estimate of drug-likeness (QED) is 0.420. The van der Waals surface area contributed by atoms with Gasteiger partial charge in [0.2, 0.25) is 0 Å². The summed E-state index contributed by atoms with van der Waals surface area (Å²) in [5.74, 6) is -0.576. The molecule has 1 aromatic heterocycles. The predicted molar refractivity (Wildman–Crippen MR) is 117 cm³/mol. The number of hydrogen-bond donors (Lipinski definition) is 3. The zero-order chi connectivity index (χ0) is 21.4. The van der Waals surface area contributed by atoms with E-state index in [4.69, 9.17) is 0 Å². The van der Waals surface area contributed by atoms with Gasteiger partial charge in [0.15, 0.2) is 0 Å². The number of hydrogen-bond acceptors (Lipinski definition) is 6. The molecule has 1 saturated heterocycles. The van der Waals surface area contributed by atoms with Gasteiger partial charge in [0.05, 0.1) is 6.07 Å². The predicted octanol–water partition coefficient (Wildman–Crippen LogP) is 4.11. The van der Waals surface area contributed by atoms with Crippen molar-refractivity contribution >= 4 is 37.8 Å². The highest BCUT2D eigenvalue weighted by molar-refractivity contribution is 9.10. The van der Waals surface area contributed by atoms with Crippen molar-refractivity contribution in [3.63, 3.8) is 0 Å². The highest BCUT2D eigenvalue weighted by Gasteiger charge is 2.52. The summed E-state index contributed by atoms with van der Waals surface area (Å²) in [6, 6.07) is 5.02. The maximum absolute atomic E-state index is 14.8. The fourth-order valence-corrected chi connectivity index (χ4v) is 7.25. The highest BCUT2D eigenvalue weighted by Crippen LogP contribution is 2.59. The van der Waals surface area contributed by atoms with Crippen molar-refractivity contribution in [2.45, 2.75) is 62.5 Å². The summed E-state index contributed by atoms with van der Waals surface area (Å²) in [5, 5.41) is 9.76. The molecule has 0 aliphatic carbocycles. The van der Waals surface area contributed by atoms with Gasteiger partial charge >= 0.3 is 0 Å². The van der Waals surface area contributed by atoms with Crippen LogP contribution in [0.2, 0.25) is 0 Å². The largest absolute Gasteiger partial charge is 0.598 e. The fourth-order valence-electron chi connectivity index (χ4n) is 3.06. The molecule has 4 atom stereocenters. The van der Waals surface area contributed by atoms with Crippen molar-refractivity contribution in [1.82, 2.24) is 14.4 Å². The Morgan fingerprint density at radius 1 is 1.50 bits per heavy atom. The Morgan fingerprint density at radius 3 is 2.71 bits per heavy atom. The van der Waals surface area contributed by atoms with Gasteiger partial charge in [-0.05, 0) is 75.5 Å². The van der Waals surface area contributed by atoms with Crippen LogP contribution in [0.5, 0.6) is 0 Å². The van der Waals surface area contributed by atoms with E-state index in [1.807, 2.05) is 0 Å². The van der Waals surface area contributed by atoms with Gasteiger partial charge in [-0.1, -0.05) is 10.5 Å². The highest BCUT2D eigenvalue weighted by atomic mass is 79.9. The van der Waals surface area contributed by atoms with E-state index < -0.39 is 42.7 Å². The lowest BCUT2D eigenvalue weighted by Gasteiger charge is -2.52. The number of nitrogens with one attached hydrogen (secondary N) is 2. The Morgan fingerprint density at radius 2 is 2.14 bits per heavy atom. The van der Waals surface area contributed by atoms with E-state index in [0.29, 0.717) is 17.6 Å². The molecule has 10 heteroatoms. The lowest BCUT2D eigenvalue weighted by Crippen LogP contribution is -2.57. The van der Waals surface area contributed by atoms with Crippen LogP contribution in [0.1, 0.15) is 53.2 Å². The molecule has 0 spiro atoms. The first-order valence-corrected chi connectivity index (χ1v) is 12.7. The number of nitriles is 1. The monoisotopic (exact) mass is 494 g/mol. The molecule has 0 aromatic carbocycles. The van der Waals surface area contributed by atoms with Gasteiger partial charge in [-0.3, -0.25) is 4.72 Å². The number of nitrogens with zero attached hydrogens (tertiary/aromatic N) is 2. The summed E-state index contributed by atoms with van der Waals surface area (Å²) in [4.78, 5) is 4.29. The van der Waals surface area contributed by atoms with Crippen molar-refractivity contribution < 1.29 is 13.5 Å². The third-order valence-electron chi connectivity index (χ3n) is 4.86. The summed E-state index contributed by atoms with van der Waals surface area (Å²) in [6.07, 6.45) is 1.30. The second kappa shape index (κ2) is 8.38. The first-order chi connectivity index (χ1) is 12.8. The molecule has 0 amide bonds. The SMILES string of the molecule is CC(C)(C)[S+]([O-])N[C@@](C)(CS1(O)NCCC[C@]1(C)C#N)c1nc(Br)ccc1F. The van der Waals surface area contributed by atoms with Crippen LogP contribution < -0.4 is 9.44 Å². The van der Waals surface area contributed by atoms with Crippen LogP contribution in [-0.4, -0.2) is 35.9 Å².